The number of nitrogens with one attached hydrogen (secondary N) is 1. The first kappa shape index (κ1) is 10.7. The number of hydrogen-bond donors (Lipinski definition) is 1. The van der Waals surface area contributed by atoms with Gasteiger partial charge in [0.1, 0.15) is 6.73 Å². The Hall–Kier alpha value is -1.36. The number of H-pyrrole nitrogens is 1. The average Bonchev–Trinajstić information content (AvgIpc) is 2.09. The molecule has 1 aromatic heterocycles. The predicted octanol–water partition coefficient (Wildman–Crippen LogP) is 0.228. The van der Waals surface area contributed by atoms with Gasteiger partial charge in [0.2, 0.25) is 0 Å². The van der Waals surface area contributed by atoms with E-state index in [1.54, 1.807) is 6.92 Å². The van der Waals surface area contributed by atoms with Gasteiger partial charge in [-0.1, -0.05) is 0 Å². The molecule has 5 heteroatoms. The highest BCUT2D eigenvalue weighted by atomic mass is 16.5. The van der Waals surface area contributed by atoms with Crippen LogP contribution >= 0.6 is 0 Å². The van der Waals surface area contributed by atoms with Gasteiger partial charge in [0.05, 0.1) is 6.10 Å². The fraction of sp³-hybridized carbons (Fsp3) is 0.556. The van der Waals surface area contributed by atoms with Crippen molar-refractivity contribution in [3.05, 3.63) is 32.6 Å². The van der Waals surface area contributed by atoms with Crippen LogP contribution in [-0.4, -0.2) is 15.7 Å². The maximum Gasteiger partial charge on any atom is 0.330 e. The summed E-state index contributed by atoms with van der Waals surface area (Å²) in [6.07, 6.45) is 1.54. The lowest BCUT2D eigenvalue weighted by Crippen LogP contribution is -2.31. The molecule has 0 spiro atoms. The maximum atomic E-state index is 11.2. The normalized spacial score (nSPS) is 10.9. The van der Waals surface area contributed by atoms with Crippen molar-refractivity contribution in [3.8, 4) is 0 Å². The number of aromatic amines is 1. The Morgan fingerprint density at radius 1 is 1.50 bits per heavy atom. The van der Waals surface area contributed by atoms with Gasteiger partial charge in [-0.2, -0.15) is 0 Å². The van der Waals surface area contributed by atoms with Crippen LogP contribution in [0.1, 0.15) is 19.4 Å². The molecule has 1 rings (SSSR count). The second-order valence-corrected chi connectivity index (χ2v) is 3.39. The molecule has 14 heavy (non-hydrogen) atoms. The van der Waals surface area contributed by atoms with E-state index in [0.29, 0.717) is 5.56 Å². The molecule has 5 nitrogen and oxygen atoms in total. The van der Waals surface area contributed by atoms with E-state index in [1.165, 1.54) is 10.8 Å². The fourth-order valence-electron chi connectivity index (χ4n) is 0.944. The van der Waals surface area contributed by atoms with Gasteiger partial charge in [0.15, 0.2) is 0 Å². The van der Waals surface area contributed by atoms with Crippen LogP contribution in [0.4, 0.5) is 0 Å². The van der Waals surface area contributed by atoms with Crippen molar-refractivity contribution in [3.63, 3.8) is 0 Å². The third-order valence-electron chi connectivity index (χ3n) is 1.74. The zero-order valence-corrected chi connectivity index (χ0v) is 8.53. The van der Waals surface area contributed by atoms with Crippen molar-refractivity contribution in [2.24, 2.45) is 0 Å². The molecule has 0 aromatic carbocycles. The van der Waals surface area contributed by atoms with Crippen molar-refractivity contribution in [1.82, 2.24) is 9.55 Å². The molecule has 0 aliphatic rings. The number of aryl methyl sites for hydroxylation is 1. The highest BCUT2D eigenvalue weighted by Crippen LogP contribution is 1.90. The smallest absolute Gasteiger partial charge is 0.330 e. The van der Waals surface area contributed by atoms with Gasteiger partial charge in [-0.25, -0.2) is 4.79 Å². The lowest BCUT2D eigenvalue weighted by atomic mass is 10.4. The van der Waals surface area contributed by atoms with Crippen molar-refractivity contribution in [2.75, 3.05) is 0 Å². The fourth-order valence-corrected chi connectivity index (χ4v) is 0.944. The summed E-state index contributed by atoms with van der Waals surface area (Å²) in [5, 5.41) is 0. The van der Waals surface area contributed by atoms with Crippen molar-refractivity contribution >= 4 is 0 Å². The highest BCUT2D eigenvalue weighted by Gasteiger charge is 2.01. The summed E-state index contributed by atoms with van der Waals surface area (Å²) in [4.78, 5) is 24.5. The lowest BCUT2D eigenvalue weighted by Gasteiger charge is -2.09. The van der Waals surface area contributed by atoms with E-state index < -0.39 is 5.69 Å². The second kappa shape index (κ2) is 4.23. The Balaban J connectivity index is 2.93. The Morgan fingerprint density at radius 2 is 2.14 bits per heavy atom. The third kappa shape index (κ3) is 2.56. The summed E-state index contributed by atoms with van der Waals surface area (Å²) in [6.45, 7) is 5.56. The Kier molecular flexibility index (Phi) is 3.24. The lowest BCUT2D eigenvalue weighted by molar-refractivity contribution is 0.0259. The van der Waals surface area contributed by atoms with Crippen LogP contribution in [0.15, 0.2) is 15.8 Å². The molecular weight excluding hydrogens is 184 g/mol. The molecule has 0 fully saturated rings. The SMILES string of the molecule is Cc1cn(COC(C)C)c(=O)[nH]c1=O. The minimum absolute atomic E-state index is 0.0501. The molecule has 78 valence electrons. The molecule has 0 bridgehead atoms. The summed E-state index contributed by atoms with van der Waals surface area (Å²) in [5.74, 6) is 0. The highest BCUT2D eigenvalue weighted by molar-refractivity contribution is 5.00. The average molecular weight is 198 g/mol. The second-order valence-electron chi connectivity index (χ2n) is 3.39. The number of rotatable bonds is 3. The molecule has 0 aliphatic heterocycles. The molecule has 0 saturated heterocycles. The molecule has 1 aromatic rings. The molecule has 0 aliphatic carbocycles. The van der Waals surface area contributed by atoms with E-state index in [9.17, 15) is 9.59 Å². The van der Waals surface area contributed by atoms with Crippen LogP contribution < -0.4 is 11.2 Å². The minimum atomic E-state index is -0.443. The number of ether oxygens (including phenoxy) is 1. The van der Waals surface area contributed by atoms with Crippen LogP contribution in [-0.2, 0) is 11.5 Å². The van der Waals surface area contributed by atoms with Crippen LogP contribution in [0.3, 0.4) is 0 Å². The van der Waals surface area contributed by atoms with Gasteiger partial charge in [-0.3, -0.25) is 14.3 Å². The van der Waals surface area contributed by atoms with Crippen molar-refractivity contribution < 1.29 is 4.74 Å². The van der Waals surface area contributed by atoms with Gasteiger partial charge >= 0.3 is 5.69 Å². The van der Waals surface area contributed by atoms with E-state index in [0.717, 1.165) is 0 Å². The Morgan fingerprint density at radius 3 is 2.71 bits per heavy atom. The number of aromatic nitrogens is 2. The predicted molar refractivity (Wildman–Crippen MR) is 52.3 cm³/mol. The zero-order valence-electron chi connectivity index (χ0n) is 8.53. The van der Waals surface area contributed by atoms with E-state index in [4.69, 9.17) is 4.74 Å². The van der Waals surface area contributed by atoms with Crippen LogP contribution in [0.25, 0.3) is 0 Å². The third-order valence-corrected chi connectivity index (χ3v) is 1.74. The van der Waals surface area contributed by atoms with Gasteiger partial charge in [0, 0.05) is 11.8 Å². The largest absolute Gasteiger partial charge is 0.358 e. The molecule has 0 saturated carbocycles. The molecule has 1 N–H and O–H groups in total. The molecule has 0 amide bonds. The monoisotopic (exact) mass is 198 g/mol. The summed E-state index contributed by atoms with van der Waals surface area (Å²) < 4.78 is 6.57. The molecule has 0 unspecified atom stereocenters. The summed E-state index contributed by atoms with van der Waals surface area (Å²) in [6, 6.07) is 0. The van der Waals surface area contributed by atoms with E-state index >= 15 is 0 Å². The first-order valence-corrected chi connectivity index (χ1v) is 4.42. The van der Waals surface area contributed by atoms with E-state index in [2.05, 4.69) is 4.98 Å². The zero-order chi connectivity index (χ0) is 10.7. The molecule has 0 atom stereocenters. The Bertz CT molecular complexity index is 417. The first-order valence-electron chi connectivity index (χ1n) is 4.42. The summed E-state index contributed by atoms with van der Waals surface area (Å²) in [7, 11) is 0. The summed E-state index contributed by atoms with van der Waals surface area (Å²) in [5.41, 5.74) is -0.297. The summed E-state index contributed by atoms with van der Waals surface area (Å²) >= 11 is 0. The van der Waals surface area contributed by atoms with Crippen LogP contribution in [0.2, 0.25) is 0 Å². The quantitative estimate of drug-likeness (QED) is 0.756. The Labute approximate surface area is 81.3 Å². The van der Waals surface area contributed by atoms with Crippen LogP contribution in [0, 0.1) is 6.92 Å². The first-order chi connectivity index (χ1) is 6.50. The number of nitrogens with zero attached hydrogens (tertiary/aromatic N) is 1. The standard InChI is InChI=1S/C9H14N2O3/c1-6(2)14-5-11-4-7(3)8(12)10-9(11)13/h4,6H,5H2,1-3H3,(H,10,12,13). The van der Waals surface area contributed by atoms with E-state index in [1.807, 2.05) is 13.8 Å². The van der Waals surface area contributed by atoms with Gasteiger partial charge < -0.3 is 4.74 Å². The minimum Gasteiger partial charge on any atom is -0.358 e. The van der Waals surface area contributed by atoms with Gasteiger partial charge in [-0.05, 0) is 20.8 Å². The van der Waals surface area contributed by atoms with Gasteiger partial charge in [0.25, 0.3) is 5.56 Å². The van der Waals surface area contributed by atoms with Crippen molar-refractivity contribution in [2.45, 2.75) is 33.6 Å². The van der Waals surface area contributed by atoms with Crippen LogP contribution in [0.5, 0.6) is 0 Å². The topological polar surface area (TPSA) is 64.1 Å². The van der Waals surface area contributed by atoms with Crippen molar-refractivity contribution in [1.29, 1.82) is 0 Å². The molecular formula is C9H14N2O3. The van der Waals surface area contributed by atoms with Gasteiger partial charge in [-0.15, -0.1) is 0 Å². The molecule has 0 radical (unpaired) electrons. The molecule has 1 heterocycles. The van der Waals surface area contributed by atoms with E-state index in [-0.39, 0.29) is 18.4 Å². The maximum absolute atomic E-state index is 11.2. The number of hydrogen-bond acceptors (Lipinski definition) is 3.